The summed E-state index contributed by atoms with van der Waals surface area (Å²) >= 11 is 1.40. The molecule has 5 heteroatoms. The van der Waals surface area contributed by atoms with Crippen LogP contribution in [-0.4, -0.2) is 16.1 Å². The summed E-state index contributed by atoms with van der Waals surface area (Å²) in [7, 11) is 0. The lowest BCUT2D eigenvalue weighted by Gasteiger charge is -2.22. The van der Waals surface area contributed by atoms with Crippen molar-refractivity contribution >= 4 is 23.4 Å². The van der Waals surface area contributed by atoms with Gasteiger partial charge in [-0.2, -0.15) is 5.26 Å². The molecule has 1 aromatic carbocycles. The molecule has 3 rings (SSSR count). The molecule has 1 amide bonds. The number of nitrogens with zero attached hydrogens (tertiary/aromatic N) is 2. The van der Waals surface area contributed by atoms with E-state index in [1.165, 1.54) is 17.3 Å². The molecule has 0 saturated carbocycles. The number of carbonyl (C=O) groups excluding carboxylic acids is 1. The molecule has 2 aromatic rings. The first kappa shape index (κ1) is 19.4. The van der Waals surface area contributed by atoms with E-state index in [-0.39, 0.29) is 11.2 Å². The van der Waals surface area contributed by atoms with Crippen LogP contribution in [0.3, 0.4) is 0 Å². The molecule has 0 spiro atoms. The molecule has 1 aliphatic carbocycles. The van der Waals surface area contributed by atoms with E-state index in [4.69, 9.17) is 4.98 Å². The van der Waals surface area contributed by atoms with Crippen LogP contribution in [0.2, 0.25) is 0 Å². The van der Waals surface area contributed by atoms with E-state index in [1.807, 2.05) is 44.2 Å². The second-order valence-electron chi connectivity index (χ2n) is 7.23. The van der Waals surface area contributed by atoms with Crippen molar-refractivity contribution in [2.45, 2.75) is 56.7 Å². The van der Waals surface area contributed by atoms with Gasteiger partial charge in [-0.15, -0.1) is 0 Å². The van der Waals surface area contributed by atoms with Crippen LogP contribution >= 0.6 is 11.8 Å². The van der Waals surface area contributed by atoms with Gasteiger partial charge in [0, 0.05) is 11.4 Å². The second-order valence-corrected chi connectivity index (χ2v) is 8.42. The molecule has 0 saturated heterocycles. The van der Waals surface area contributed by atoms with Gasteiger partial charge in [0.2, 0.25) is 5.91 Å². The number of fused-ring (bicyclic) bond motifs is 1. The third kappa shape index (κ3) is 4.51. The monoisotopic (exact) mass is 379 g/mol. The smallest absolute Gasteiger partial charge is 0.237 e. The highest BCUT2D eigenvalue weighted by atomic mass is 32.2. The number of nitrogens with one attached hydrogen (secondary N) is 1. The van der Waals surface area contributed by atoms with Crippen LogP contribution in [0.5, 0.6) is 0 Å². The molecular formula is C22H25N3OS. The number of hydrogen-bond acceptors (Lipinski definition) is 4. The Morgan fingerprint density at radius 3 is 2.93 bits per heavy atom. The van der Waals surface area contributed by atoms with Gasteiger partial charge < -0.3 is 5.32 Å². The lowest BCUT2D eigenvalue weighted by atomic mass is 9.87. The summed E-state index contributed by atoms with van der Waals surface area (Å²) in [6, 6.07) is 12.0. The highest BCUT2D eigenvalue weighted by Gasteiger charge is 2.24. The summed E-state index contributed by atoms with van der Waals surface area (Å²) < 4.78 is 0. The Kier molecular flexibility index (Phi) is 6.18. The molecule has 1 N–H and O–H groups in total. The van der Waals surface area contributed by atoms with E-state index in [1.54, 1.807) is 0 Å². The van der Waals surface area contributed by atoms with Crippen molar-refractivity contribution in [1.29, 1.82) is 5.26 Å². The zero-order valence-electron chi connectivity index (χ0n) is 16.1. The normalized spacial score (nSPS) is 16.9. The number of para-hydroxylation sites is 1. The summed E-state index contributed by atoms with van der Waals surface area (Å²) in [5, 5.41) is 13.0. The Labute approximate surface area is 165 Å². The number of aromatic nitrogens is 1. The molecule has 0 radical (unpaired) electrons. The largest absolute Gasteiger partial charge is 0.325 e. The van der Waals surface area contributed by atoms with E-state index in [9.17, 15) is 10.1 Å². The average molecular weight is 380 g/mol. The summed E-state index contributed by atoms with van der Waals surface area (Å²) in [4.78, 5) is 17.6. The van der Waals surface area contributed by atoms with Crippen molar-refractivity contribution in [3.8, 4) is 6.07 Å². The molecule has 27 heavy (non-hydrogen) atoms. The van der Waals surface area contributed by atoms with Gasteiger partial charge in [0.05, 0.1) is 10.8 Å². The van der Waals surface area contributed by atoms with Gasteiger partial charge in [0.25, 0.3) is 0 Å². The van der Waals surface area contributed by atoms with Crippen molar-refractivity contribution in [1.82, 2.24) is 4.98 Å². The van der Waals surface area contributed by atoms with Crippen LogP contribution in [0, 0.1) is 24.2 Å². The maximum Gasteiger partial charge on any atom is 0.237 e. The number of aryl methyl sites for hydroxylation is 2. The van der Waals surface area contributed by atoms with Gasteiger partial charge in [-0.25, -0.2) is 4.98 Å². The molecule has 4 nitrogen and oxygen atoms in total. The number of hydrogen-bond donors (Lipinski definition) is 1. The molecule has 2 unspecified atom stereocenters. The van der Waals surface area contributed by atoms with Crippen LogP contribution in [0.1, 0.15) is 49.1 Å². The first-order valence-electron chi connectivity index (χ1n) is 9.47. The molecule has 0 bridgehead atoms. The maximum atomic E-state index is 12.8. The number of carbonyl (C=O) groups is 1. The topological polar surface area (TPSA) is 65.8 Å². The first-order valence-corrected chi connectivity index (χ1v) is 10.4. The predicted molar refractivity (Wildman–Crippen MR) is 110 cm³/mol. The van der Waals surface area contributed by atoms with E-state index >= 15 is 0 Å². The minimum absolute atomic E-state index is 0.0474. The first-order chi connectivity index (χ1) is 13.0. The molecule has 1 aliphatic rings. The van der Waals surface area contributed by atoms with Crippen molar-refractivity contribution in [2.75, 3.05) is 5.32 Å². The van der Waals surface area contributed by atoms with Crippen molar-refractivity contribution in [3.63, 3.8) is 0 Å². The van der Waals surface area contributed by atoms with Crippen molar-refractivity contribution in [2.24, 2.45) is 5.92 Å². The Hall–Kier alpha value is -2.32. The van der Waals surface area contributed by atoms with Gasteiger partial charge >= 0.3 is 0 Å². The van der Waals surface area contributed by atoms with Crippen LogP contribution in [0.15, 0.2) is 35.4 Å². The maximum absolute atomic E-state index is 12.8. The number of anilines is 1. The summed E-state index contributed by atoms with van der Waals surface area (Å²) in [5.74, 6) is 0.585. The second kappa shape index (κ2) is 8.58. The minimum atomic E-state index is -0.287. The molecule has 1 aromatic heterocycles. The van der Waals surface area contributed by atoms with Gasteiger partial charge in [0.15, 0.2) is 0 Å². The van der Waals surface area contributed by atoms with Crippen molar-refractivity contribution in [3.05, 3.63) is 52.7 Å². The fraction of sp³-hybridized carbons (Fsp3) is 0.409. The highest BCUT2D eigenvalue weighted by molar-refractivity contribution is 8.00. The molecule has 0 aliphatic heterocycles. The number of nitriles is 1. The zero-order valence-corrected chi connectivity index (χ0v) is 16.9. The van der Waals surface area contributed by atoms with Gasteiger partial charge in [-0.05, 0) is 61.8 Å². The number of amides is 1. The fourth-order valence-electron chi connectivity index (χ4n) is 3.38. The number of rotatable bonds is 5. The quantitative estimate of drug-likeness (QED) is 0.751. The van der Waals surface area contributed by atoms with Crippen LogP contribution in [0.25, 0.3) is 0 Å². The lowest BCUT2D eigenvalue weighted by molar-refractivity contribution is -0.115. The highest BCUT2D eigenvalue weighted by Crippen LogP contribution is 2.32. The fourth-order valence-corrected chi connectivity index (χ4v) is 4.38. The van der Waals surface area contributed by atoms with E-state index in [2.05, 4.69) is 18.3 Å². The summed E-state index contributed by atoms with van der Waals surface area (Å²) in [6.45, 7) is 6.20. The van der Waals surface area contributed by atoms with Gasteiger partial charge in [-0.3, -0.25) is 4.79 Å². The van der Waals surface area contributed by atoms with Gasteiger partial charge in [-0.1, -0.05) is 43.8 Å². The molecule has 1 heterocycles. The Balaban J connectivity index is 1.81. The van der Waals surface area contributed by atoms with Crippen LogP contribution in [-0.2, 0) is 17.6 Å². The van der Waals surface area contributed by atoms with E-state index in [0.29, 0.717) is 22.9 Å². The summed E-state index contributed by atoms with van der Waals surface area (Å²) in [5.41, 5.74) is 4.71. The third-order valence-electron chi connectivity index (χ3n) is 5.04. The predicted octanol–water partition coefficient (Wildman–Crippen LogP) is 4.90. The Bertz CT molecular complexity index is 888. The summed E-state index contributed by atoms with van der Waals surface area (Å²) in [6.07, 6.45) is 3.72. The van der Waals surface area contributed by atoms with E-state index < -0.39 is 0 Å². The standard InChI is InChI=1S/C22H25N3OS/c1-4-20(21(26)24-18-8-6-5-7-15(18)3)27-22-17(13-23)12-16-11-14(2)9-10-19(16)25-22/h5-8,12,14,20H,4,9-11H2,1-3H3,(H,24,26). The number of pyridine rings is 1. The number of benzene rings is 1. The minimum Gasteiger partial charge on any atom is -0.325 e. The average Bonchev–Trinajstić information content (AvgIpc) is 2.67. The van der Waals surface area contributed by atoms with Gasteiger partial charge in [0.1, 0.15) is 11.1 Å². The Morgan fingerprint density at radius 2 is 2.22 bits per heavy atom. The molecular weight excluding hydrogens is 354 g/mol. The lowest BCUT2D eigenvalue weighted by Crippen LogP contribution is -2.25. The molecule has 0 fully saturated rings. The van der Waals surface area contributed by atoms with E-state index in [0.717, 1.165) is 36.2 Å². The van der Waals surface area contributed by atoms with Crippen molar-refractivity contribution < 1.29 is 4.79 Å². The zero-order chi connectivity index (χ0) is 19.4. The Morgan fingerprint density at radius 1 is 1.44 bits per heavy atom. The third-order valence-corrected chi connectivity index (χ3v) is 6.41. The molecule has 140 valence electrons. The SMILES string of the molecule is CCC(Sc1nc2c(cc1C#N)CC(C)CC2)C(=O)Nc1ccccc1C. The molecule has 2 atom stereocenters. The van der Waals surface area contributed by atoms with Crippen LogP contribution < -0.4 is 5.32 Å². The number of thioether (sulfide) groups is 1. The van der Waals surface area contributed by atoms with Crippen LogP contribution in [0.4, 0.5) is 5.69 Å².